The number of nitrogens with zero attached hydrogens (tertiary/aromatic N) is 1. The van der Waals surface area contributed by atoms with E-state index in [0.29, 0.717) is 0 Å². The largest absolute Gasteiger partial charge is 0.469 e. The molecule has 0 N–H and O–H groups in total. The van der Waals surface area contributed by atoms with Gasteiger partial charge in [-0.2, -0.15) is 0 Å². The van der Waals surface area contributed by atoms with Crippen molar-refractivity contribution in [3.8, 4) is 0 Å². The predicted octanol–water partition coefficient (Wildman–Crippen LogP) is 5.38. The molecule has 0 radical (unpaired) electrons. The van der Waals surface area contributed by atoms with Crippen LogP contribution < -0.4 is 0 Å². The molecule has 0 aromatic heterocycles. The van der Waals surface area contributed by atoms with Crippen LogP contribution >= 0.6 is 0 Å². The summed E-state index contributed by atoms with van der Waals surface area (Å²) in [5, 5.41) is 0. The van der Waals surface area contributed by atoms with Gasteiger partial charge in [-0.25, -0.2) is 9.59 Å². The first-order valence-corrected chi connectivity index (χ1v) is 12.6. The van der Waals surface area contributed by atoms with Crippen molar-refractivity contribution in [3.63, 3.8) is 0 Å². The number of rotatable bonds is 8. The van der Waals surface area contributed by atoms with Crippen LogP contribution in [-0.4, -0.2) is 49.2 Å². The fraction of sp³-hybridized carbons (Fsp3) is 0.433. The van der Waals surface area contributed by atoms with Gasteiger partial charge in [0.05, 0.1) is 20.1 Å². The van der Waals surface area contributed by atoms with E-state index in [9.17, 15) is 14.4 Å². The van der Waals surface area contributed by atoms with E-state index in [1.165, 1.54) is 17.6 Å². The molecule has 1 saturated heterocycles. The lowest BCUT2D eigenvalue weighted by Gasteiger charge is -2.26. The van der Waals surface area contributed by atoms with Crippen molar-refractivity contribution in [1.82, 2.24) is 4.90 Å². The number of ether oxygens (including phenoxy) is 3. The SMILES string of the molecule is C=C(c1ccc(C(C)(C)C)cc1)[C@H]1CN(C(=O)OCc2ccccc2)[C@H](C(=O)OCC)[C@H]1CC(=O)OC. The molecule has 0 spiro atoms. The molecule has 3 atom stereocenters. The zero-order chi connectivity index (χ0) is 27.2. The highest BCUT2D eigenvalue weighted by atomic mass is 16.6. The van der Waals surface area contributed by atoms with Crippen LogP contribution in [0.3, 0.4) is 0 Å². The maximum atomic E-state index is 13.2. The molecule has 3 rings (SSSR count). The smallest absolute Gasteiger partial charge is 0.410 e. The lowest BCUT2D eigenvalue weighted by Crippen LogP contribution is -2.45. The summed E-state index contributed by atoms with van der Waals surface area (Å²) < 4.78 is 15.8. The molecule has 1 aliphatic heterocycles. The molecule has 1 amide bonds. The molecule has 7 heteroatoms. The molecule has 0 aliphatic carbocycles. The third kappa shape index (κ3) is 6.79. The Kier molecular flexibility index (Phi) is 9.14. The van der Waals surface area contributed by atoms with Crippen LogP contribution in [0, 0.1) is 11.8 Å². The Labute approximate surface area is 219 Å². The second-order valence-electron chi connectivity index (χ2n) is 10.3. The van der Waals surface area contributed by atoms with Gasteiger partial charge in [0.15, 0.2) is 0 Å². The zero-order valence-electron chi connectivity index (χ0n) is 22.4. The van der Waals surface area contributed by atoms with Crippen LogP contribution in [0.5, 0.6) is 0 Å². The Morgan fingerprint density at radius 2 is 1.65 bits per heavy atom. The van der Waals surface area contributed by atoms with Gasteiger partial charge >= 0.3 is 18.0 Å². The van der Waals surface area contributed by atoms with Crippen LogP contribution in [0.1, 0.15) is 50.8 Å². The number of hydrogen-bond acceptors (Lipinski definition) is 6. The minimum atomic E-state index is -1.00. The van der Waals surface area contributed by atoms with E-state index in [-0.39, 0.29) is 37.5 Å². The molecule has 0 bridgehead atoms. The summed E-state index contributed by atoms with van der Waals surface area (Å²) in [6.45, 7) is 12.8. The minimum Gasteiger partial charge on any atom is -0.469 e. The molecule has 2 aromatic rings. The summed E-state index contributed by atoms with van der Waals surface area (Å²) in [6.07, 6.45) is -0.707. The molecular formula is C30H37NO6. The molecular weight excluding hydrogens is 470 g/mol. The van der Waals surface area contributed by atoms with Gasteiger partial charge in [-0.3, -0.25) is 9.69 Å². The maximum Gasteiger partial charge on any atom is 0.410 e. The van der Waals surface area contributed by atoms with Crippen molar-refractivity contribution in [3.05, 3.63) is 77.9 Å². The average Bonchev–Trinajstić information content (AvgIpc) is 3.26. The van der Waals surface area contributed by atoms with E-state index in [2.05, 4.69) is 39.5 Å². The van der Waals surface area contributed by atoms with Crippen molar-refractivity contribution < 1.29 is 28.6 Å². The number of hydrogen-bond donors (Lipinski definition) is 0. The monoisotopic (exact) mass is 507 g/mol. The quantitative estimate of drug-likeness (QED) is 0.353. The van der Waals surface area contributed by atoms with Crippen LogP contribution in [-0.2, 0) is 35.8 Å². The highest BCUT2D eigenvalue weighted by Crippen LogP contribution is 2.41. The van der Waals surface area contributed by atoms with Gasteiger partial charge in [-0.1, -0.05) is 81.9 Å². The molecule has 1 heterocycles. The topological polar surface area (TPSA) is 82.1 Å². The van der Waals surface area contributed by atoms with Gasteiger partial charge in [-0.05, 0) is 34.6 Å². The zero-order valence-corrected chi connectivity index (χ0v) is 22.4. The molecule has 0 saturated carbocycles. The van der Waals surface area contributed by atoms with E-state index >= 15 is 0 Å². The Hall–Kier alpha value is -3.61. The highest BCUT2D eigenvalue weighted by molar-refractivity contribution is 5.85. The molecule has 1 fully saturated rings. The van der Waals surface area contributed by atoms with Gasteiger partial charge in [0.2, 0.25) is 0 Å². The summed E-state index contributed by atoms with van der Waals surface area (Å²) in [5.74, 6) is -2.00. The summed E-state index contributed by atoms with van der Waals surface area (Å²) in [4.78, 5) is 40.1. The molecule has 198 valence electrons. The summed E-state index contributed by atoms with van der Waals surface area (Å²) >= 11 is 0. The van der Waals surface area contributed by atoms with Crippen LogP contribution in [0.2, 0.25) is 0 Å². The van der Waals surface area contributed by atoms with E-state index < -0.39 is 30.0 Å². The van der Waals surface area contributed by atoms with Gasteiger partial charge in [0, 0.05) is 18.4 Å². The van der Waals surface area contributed by atoms with E-state index in [4.69, 9.17) is 14.2 Å². The normalized spacial score (nSPS) is 19.3. The molecule has 37 heavy (non-hydrogen) atoms. The van der Waals surface area contributed by atoms with E-state index in [1.54, 1.807) is 6.92 Å². The Balaban J connectivity index is 1.92. The first-order valence-electron chi connectivity index (χ1n) is 12.6. The van der Waals surface area contributed by atoms with Crippen molar-refractivity contribution in [2.45, 2.75) is 52.2 Å². The third-order valence-corrected chi connectivity index (χ3v) is 6.82. The Morgan fingerprint density at radius 1 is 1.00 bits per heavy atom. The number of benzene rings is 2. The fourth-order valence-corrected chi connectivity index (χ4v) is 4.73. The molecule has 0 unspecified atom stereocenters. The molecule has 1 aliphatic rings. The number of esters is 2. The first kappa shape index (κ1) is 28.0. The van der Waals surface area contributed by atoms with Crippen molar-refractivity contribution in [2.24, 2.45) is 11.8 Å². The maximum absolute atomic E-state index is 13.2. The van der Waals surface area contributed by atoms with Crippen molar-refractivity contribution in [1.29, 1.82) is 0 Å². The van der Waals surface area contributed by atoms with Gasteiger partial charge < -0.3 is 14.2 Å². The standard InChI is InChI=1S/C30H37NO6/c1-7-36-28(33)27-24(17-26(32)35-6)25(20(2)22-13-15-23(16-14-22)30(3,4)5)18-31(27)29(34)37-19-21-11-9-8-10-12-21/h8-16,24-25,27H,2,7,17-19H2,1,3-6H3/t24-,25+,27-/m0/s1. The predicted molar refractivity (Wildman–Crippen MR) is 142 cm³/mol. The van der Waals surface area contributed by atoms with Crippen molar-refractivity contribution in [2.75, 3.05) is 20.3 Å². The van der Waals surface area contributed by atoms with Gasteiger partial charge in [0.1, 0.15) is 12.6 Å². The second kappa shape index (κ2) is 12.1. The van der Waals surface area contributed by atoms with Gasteiger partial charge in [0.25, 0.3) is 0 Å². The molecule has 2 aromatic carbocycles. The number of likely N-dealkylation sites (tertiary alicyclic amines) is 1. The van der Waals surface area contributed by atoms with Gasteiger partial charge in [-0.15, -0.1) is 0 Å². The van der Waals surface area contributed by atoms with Crippen LogP contribution in [0.25, 0.3) is 5.57 Å². The number of carbonyl (C=O) groups is 3. The number of carbonyl (C=O) groups excluding carboxylic acids is 3. The fourth-order valence-electron chi connectivity index (χ4n) is 4.73. The lowest BCUT2D eigenvalue weighted by molar-refractivity contribution is -0.150. The lowest BCUT2D eigenvalue weighted by atomic mass is 9.80. The van der Waals surface area contributed by atoms with Crippen LogP contribution in [0.15, 0.2) is 61.2 Å². The summed E-state index contributed by atoms with van der Waals surface area (Å²) in [6, 6.07) is 16.4. The Bertz CT molecular complexity index is 1100. The summed E-state index contributed by atoms with van der Waals surface area (Å²) in [5.41, 5.74) is 3.62. The van der Waals surface area contributed by atoms with E-state index in [0.717, 1.165) is 16.7 Å². The summed E-state index contributed by atoms with van der Waals surface area (Å²) in [7, 11) is 1.30. The van der Waals surface area contributed by atoms with Crippen molar-refractivity contribution >= 4 is 23.6 Å². The highest BCUT2D eigenvalue weighted by Gasteiger charge is 2.51. The molecule has 7 nitrogen and oxygen atoms in total. The second-order valence-corrected chi connectivity index (χ2v) is 10.3. The minimum absolute atomic E-state index is 0.00500. The number of amides is 1. The Morgan fingerprint density at radius 3 is 2.22 bits per heavy atom. The number of methoxy groups -OCH3 is 1. The average molecular weight is 508 g/mol. The third-order valence-electron chi connectivity index (χ3n) is 6.82. The van der Waals surface area contributed by atoms with Crippen LogP contribution in [0.4, 0.5) is 4.79 Å². The first-order chi connectivity index (χ1) is 17.6. The van der Waals surface area contributed by atoms with E-state index in [1.807, 2.05) is 42.5 Å².